The molecule has 8 aromatic rings. The monoisotopic (exact) mass is 683 g/mol. The maximum absolute atomic E-state index is 8.92. The van der Waals surface area contributed by atoms with Gasteiger partial charge < -0.3 is 0 Å². The fourth-order valence-electron chi connectivity index (χ4n) is 7.63. The van der Waals surface area contributed by atoms with Gasteiger partial charge in [0.25, 0.3) is 0 Å². The molecule has 0 aromatic heterocycles. The molecule has 51 heavy (non-hydrogen) atoms. The average Bonchev–Trinajstić information content (AvgIpc) is 3.21. The van der Waals surface area contributed by atoms with Gasteiger partial charge in [-0.05, 0) is 116 Å². The molecule has 0 aliphatic carbocycles. The van der Waals surface area contributed by atoms with Crippen molar-refractivity contribution in [3.05, 3.63) is 188 Å². The van der Waals surface area contributed by atoms with E-state index in [1.165, 1.54) is 58.2 Å². The quantitative estimate of drug-likeness (QED) is 0.166. The highest BCUT2D eigenvalue weighted by Gasteiger charge is 2.38. The van der Waals surface area contributed by atoms with Gasteiger partial charge in [0, 0.05) is 19.6 Å². The fourth-order valence-corrected chi connectivity index (χ4v) is 10.1. The molecule has 0 atom stereocenters. The SMILES string of the molecule is [2H]c1cc(-c2cccc(-c3cc4c5c(c3)Sc3ccccc3B5c3ccccc3S4)c2)cc(-c2cc(-c3ccccc3)cc(-c3ccccc3)c2)c1. The van der Waals surface area contributed by atoms with Crippen LogP contribution in [0, 0.1) is 0 Å². The van der Waals surface area contributed by atoms with Gasteiger partial charge in [-0.15, -0.1) is 0 Å². The van der Waals surface area contributed by atoms with Crippen LogP contribution in [0.4, 0.5) is 0 Å². The third-order valence-corrected chi connectivity index (χ3v) is 12.4. The van der Waals surface area contributed by atoms with E-state index in [1.807, 2.05) is 35.7 Å². The number of rotatable bonds is 5. The van der Waals surface area contributed by atoms with E-state index in [2.05, 4.69) is 170 Å². The van der Waals surface area contributed by atoms with Crippen LogP contribution in [0.3, 0.4) is 0 Å². The summed E-state index contributed by atoms with van der Waals surface area (Å²) in [5.41, 5.74) is 15.6. The molecule has 0 bridgehead atoms. The second kappa shape index (κ2) is 12.7. The van der Waals surface area contributed by atoms with Crippen molar-refractivity contribution in [2.45, 2.75) is 19.6 Å². The summed E-state index contributed by atoms with van der Waals surface area (Å²) in [4.78, 5) is 5.35. The molecule has 238 valence electrons. The maximum atomic E-state index is 8.92. The van der Waals surface area contributed by atoms with Gasteiger partial charge in [0.15, 0.2) is 0 Å². The molecule has 10 rings (SSSR count). The molecule has 2 aliphatic heterocycles. The van der Waals surface area contributed by atoms with Crippen LogP contribution in [0.5, 0.6) is 0 Å². The lowest BCUT2D eigenvalue weighted by Gasteiger charge is -2.33. The van der Waals surface area contributed by atoms with E-state index in [-0.39, 0.29) is 6.71 Å². The van der Waals surface area contributed by atoms with Crippen molar-refractivity contribution in [3.63, 3.8) is 0 Å². The van der Waals surface area contributed by atoms with Crippen LogP contribution in [0.15, 0.2) is 208 Å². The molecular formula is C48H31BS2. The standard InChI is InChI=1S/C48H31BS2/c1-3-13-32(14-4-1)38-27-39(33-15-5-2-6-16-33)29-40(28-38)36-19-11-17-34(25-36)35-18-12-20-37(26-35)41-30-46-48-47(31-41)51-45-24-10-8-22-43(45)49(48)42-21-7-9-23-44(42)50-46/h1-31H/i11D. The zero-order valence-electron chi connectivity index (χ0n) is 28.7. The van der Waals surface area contributed by atoms with E-state index in [1.54, 1.807) is 0 Å². The summed E-state index contributed by atoms with van der Waals surface area (Å²) in [7, 11) is 0. The Balaban J connectivity index is 1.06. The summed E-state index contributed by atoms with van der Waals surface area (Å²) in [5.74, 6) is 0. The predicted molar refractivity (Wildman–Crippen MR) is 219 cm³/mol. The van der Waals surface area contributed by atoms with E-state index >= 15 is 0 Å². The highest BCUT2D eigenvalue weighted by Crippen LogP contribution is 2.42. The number of fused-ring (bicyclic) bond motifs is 4. The van der Waals surface area contributed by atoms with Gasteiger partial charge in [0.1, 0.15) is 0 Å². The predicted octanol–water partition coefficient (Wildman–Crippen LogP) is 11.5. The number of hydrogen-bond donors (Lipinski definition) is 0. The van der Waals surface area contributed by atoms with Gasteiger partial charge >= 0.3 is 0 Å². The Labute approximate surface area is 309 Å². The van der Waals surface area contributed by atoms with Gasteiger partial charge in [0.05, 0.1) is 1.37 Å². The molecule has 0 amide bonds. The molecule has 0 N–H and O–H groups in total. The molecular weight excluding hydrogens is 651 g/mol. The Morgan fingerprint density at radius 2 is 0.686 bits per heavy atom. The molecule has 8 aromatic carbocycles. The second-order valence-electron chi connectivity index (χ2n) is 13.2. The van der Waals surface area contributed by atoms with Crippen LogP contribution in [0.2, 0.25) is 0 Å². The summed E-state index contributed by atoms with van der Waals surface area (Å²) in [6.07, 6.45) is 0. The first-order valence-electron chi connectivity index (χ1n) is 17.8. The lowest BCUT2D eigenvalue weighted by atomic mass is 9.36. The lowest BCUT2D eigenvalue weighted by Crippen LogP contribution is -2.57. The molecule has 3 heteroatoms. The average molecular weight is 684 g/mol. The van der Waals surface area contributed by atoms with Crippen molar-refractivity contribution in [1.82, 2.24) is 0 Å². The first-order valence-corrected chi connectivity index (χ1v) is 19.0. The fraction of sp³-hybridized carbons (Fsp3) is 0. The van der Waals surface area contributed by atoms with Gasteiger partial charge in [-0.2, -0.15) is 0 Å². The maximum Gasteiger partial charge on any atom is 0.247 e. The van der Waals surface area contributed by atoms with Crippen LogP contribution in [0.25, 0.3) is 55.6 Å². The van der Waals surface area contributed by atoms with Gasteiger partial charge in [0.2, 0.25) is 6.71 Å². The Morgan fingerprint density at radius 3 is 1.24 bits per heavy atom. The Bertz CT molecular complexity index is 2520. The molecule has 0 fully saturated rings. The highest BCUT2D eigenvalue weighted by atomic mass is 32.2. The Hall–Kier alpha value is -5.48. The first-order chi connectivity index (χ1) is 25.6. The minimum absolute atomic E-state index is 0.251. The Kier molecular flexibility index (Phi) is 7.28. The lowest BCUT2D eigenvalue weighted by molar-refractivity contribution is 1.33. The summed E-state index contributed by atoms with van der Waals surface area (Å²) in [6, 6.07) is 66.1. The van der Waals surface area contributed by atoms with Crippen LogP contribution >= 0.6 is 23.5 Å². The molecule has 0 radical (unpaired) electrons. The van der Waals surface area contributed by atoms with Crippen LogP contribution in [-0.2, 0) is 0 Å². The van der Waals surface area contributed by atoms with Crippen molar-refractivity contribution in [1.29, 1.82) is 0 Å². The summed E-state index contributed by atoms with van der Waals surface area (Å²) in [5, 5.41) is 0. The van der Waals surface area contributed by atoms with Crippen molar-refractivity contribution in [2.75, 3.05) is 0 Å². The first kappa shape index (κ1) is 29.3. The molecule has 2 heterocycles. The number of benzene rings is 8. The van der Waals surface area contributed by atoms with E-state index in [0.717, 1.165) is 33.4 Å². The zero-order chi connectivity index (χ0) is 34.6. The van der Waals surface area contributed by atoms with Gasteiger partial charge in [-0.1, -0.05) is 168 Å². The van der Waals surface area contributed by atoms with E-state index < -0.39 is 0 Å². The zero-order valence-corrected chi connectivity index (χ0v) is 29.3. The molecule has 0 nitrogen and oxygen atoms in total. The van der Waals surface area contributed by atoms with Crippen LogP contribution in [0.1, 0.15) is 1.37 Å². The van der Waals surface area contributed by atoms with Crippen LogP contribution < -0.4 is 16.4 Å². The van der Waals surface area contributed by atoms with Crippen molar-refractivity contribution in [3.8, 4) is 55.6 Å². The van der Waals surface area contributed by atoms with Crippen LogP contribution in [-0.4, -0.2) is 6.71 Å². The Morgan fingerprint density at radius 1 is 0.314 bits per heavy atom. The van der Waals surface area contributed by atoms with E-state index in [4.69, 9.17) is 1.37 Å². The van der Waals surface area contributed by atoms with Gasteiger partial charge in [-0.3, -0.25) is 0 Å². The summed E-state index contributed by atoms with van der Waals surface area (Å²) in [6.45, 7) is 0.251. The normalized spacial score (nSPS) is 12.8. The molecule has 0 saturated carbocycles. The minimum atomic E-state index is 0.251. The van der Waals surface area contributed by atoms with Crippen molar-refractivity contribution in [2.24, 2.45) is 0 Å². The summed E-state index contributed by atoms with van der Waals surface area (Å²) < 4.78 is 8.92. The summed E-state index contributed by atoms with van der Waals surface area (Å²) >= 11 is 3.79. The smallest absolute Gasteiger partial charge is 0.0911 e. The molecule has 2 aliphatic rings. The van der Waals surface area contributed by atoms with Crippen molar-refractivity contribution < 1.29 is 1.37 Å². The highest BCUT2D eigenvalue weighted by molar-refractivity contribution is 8.01. The molecule has 0 spiro atoms. The van der Waals surface area contributed by atoms with E-state index in [9.17, 15) is 0 Å². The topological polar surface area (TPSA) is 0 Å². The molecule has 0 saturated heterocycles. The third-order valence-electron chi connectivity index (χ3n) is 10.1. The third kappa shape index (κ3) is 5.54. The largest absolute Gasteiger partial charge is 0.247 e. The van der Waals surface area contributed by atoms with E-state index in [0.29, 0.717) is 6.04 Å². The van der Waals surface area contributed by atoms with Gasteiger partial charge in [-0.25, -0.2) is 0 Å². The second-order valence-corrected chi connectivity index (χ2v) is 15.4. The number of hydrogen-bond acceptors (Lipinski definition) is 2. The minimum Gasteiger partial charge on any atom is -0.0911 e. The van der Waals surface area contributed by atoms with Crippen molar-refractivity contribution >= 4 is 46.6 Å². The molecule has 0 unspecified atom stereocenters.